The van der Waals surface area contributed by atoms with E-state index >= 15 is 0 Å². The molecule has 120 valence electrons. The van der Waals surface area contributed by atoms with E-state index in [2.05, 4.69) is 9.80 Å². The zero-order valence-corrected chi connectivity index (χ0v) is 13.2. The number of hydrogen-bond donors (Lipinski definition) is 1. The van der Waals surface area contributed by atoms with E-state index in [-0.39, 0.29) is 6.10 Å². The molecular weight excluding hydrogens is 264 g/mol. The van der Waals surface area contributed by atoms with Gasteiger partial charge in [0.05, 0.1) is 6.10 Å². The summed E-state index contributed by atoms with van der Waals surface area (Å²) < 4.78 is 0. The second kappa shape index (κ2) is 7.10. The maximum atomic E-state index is 12.4. The summed E-state index contributed by atoms with van der Waals surface area (Å²) >= 11 is 0. The van der Waals surface area contributed by atoms with Crippen LogP contribution in [0.2, 0.25) is 0 Å². The molecule has 21 heavy (non-hydrogen) atoms. The van der Waals surface area contributed by atoms with Crippen molar-refractivity contribution in [2.45, 2.75) is 57.5 Å². The molecule has 2 aliphatic carbocycles. The maximum absolute atomic E-state index is 12.4. The van der Waals surface area contributed by atoms with Crippen LogP contribution in [0.1, 0.15) is 51.4 Å². The smallest absolute Gasteiger partial charge is 0.222 e. The molecule has 0 aromatic heterocycles. The van der Waals surface area contributed by atoms with Gasteiger partial charge in [0.25, 0.3) is 0 Å². The van der Waals surface area contributed by atoms with Gasteiger partial charge in [0.1, 0.15) is 0 Å². The molecule has 3 rings (SSSR count). The van der Waals surface area contributed by atoms with Crippen LogP contribution in [-0.2, 0) is 4.79 Å². The number of aliphatic hydroxyl groups is 1. The van der Waals surface area contributed by atoms with E-state index in [1.165, 1.54) is 44.9 Å². The molecule has 0 radical (unpaired) electrons. The van der Waals surface area contributed by atoms with Crippen LogP contribution in [0.4, 0.5) is 0 Å². The van der Waals surface area contributed by atoms with Gasteiger partial charge in [-0.2, -0.15) is 0 Å². The van der Waals surface area contributed by atoms with Crippen molar-refractivity contribution in [2.24, 2.45) is 11.8 Å². The number of piperazine rings is 1. The van der Waals surface area contributed by atoms with Crippen LogP contribution < -0.4 is 0 Å². The van der Waals surface area contributed by atoms with Crippen LogP contribution in [0.3, 0.4) is 0 Å². The van der Waals surface area contributed by atoms with Crippen LogP contribution in [-0.4, -0.2) is 59.6 Å². The highest BCUT2D eigenvalue weighted by Crippen LogP contribution is 2.33. The Morgan fingerprint density at radius 2 is 1.67 bits per heavy atom. The number of carbonyl (C=O) groups excluding carboxylic acids is 1. The van der Waals surface area contributed by atoms with Gasteiger partial charge >= 0.3 is 0 Å². The average Bonchev–Trinajstić information content (AvgIpc) is 3.33. The molecule has 4 heteroatoms. The van der Waals surface area contributed by atoms with E-state index in [0.717, 1.165) is 39.1 Å². The van der Waals surface area contributed by atoms with Gasteiger partial charge in [-0.25, -0.2) is 0 Å². The molecule has 0 bridgehead atoms. The Morgan fingerprint density at radius 3 is 2.29 bits per heavy atom. The third kappa shape index (κ3) is 4.43. The van der Waals surface area contributed by atoms with Gasteiger partial charge in [-0.15, -0.1) is 0 Å². The lowest BCUT2D eigenvalue weighted by Crippen LogP contribution is -2.50. The van der Waals surface area contributed by atoms with E-state index in [1.807, 2.05) is 0 Å². The first-order valence-electron chi connectivity index (χ1n) is 8.90. The first-order chi connectivity index (χ1) is 10.2. The molecule has 4 nitrogen and oxygen atoms in total. The number of carbonyl (C=O) groups is 1. The van der Waals surface area contributed by atoms with Crippen molar-refractivity contribution in [1.82, 2.24) is 9.80 Å². The number of amides is 1. The number of aliphatic hydroxyl groups excluding tert-OH is 1. The van der Waals surface area contributed by atoms with Crippen LogP contribution in [0.15, 0.2) is 0 Å². The second-order valence-electron chi connectivity index (χ2n) is 7.29. The Labute approximate surface area is 128 Å². The molecule has 1 atom stereocenters. The summed E-state index contributed by atoms with van der Waals surface area (Å²) in [7, 11) is 0. The summed E-state index contributed by atoms with van der Waals surface area (Å²) in [5.41, 5.74) is 0. The summed E-state index contributed by atoms with van der Waals surface area (Å²) in [6, 6.07) is 0. The SMILES string of the molecule is O=C(CC1CCCCC1)N1CCN(C[C@H](O)C2CC2)CC1. The highest BCUT2D eigenvalue weighted by Gasteiger charge is 2.32. The maximum Gasteiger partial charge on any atom is 0.222 e. The Bertz CT molecular complexity index is 343. The Kier molecular flexibility index (Phi) is 5.17. The zero-order valence-electron chi connectivity index (χ0n) is 13.2. The summed E-state index contributed by atoms with van der Waals surface area (Å²) in [6.45, 7) is 4.36. The fourth-order valence-corrected chi connectivity index (χ4v) is 3.84. The number of nitrogens with zero attached hydrogens (tertiary/aromatic N) is 2. The molecule has 0 aromatic carbocycles. The average molecular weight is 294 g/mol. The molecule has 1 aliphatic heterocycles. The third-order valence-corrected chi connectivity index (χ3v) is 5.52. The lowest BCUT2D eigenvalue weighted by Gasteiger charge is -2.36. The molecule has 0 spiro atoms. The number of rotatable bonds is 5. The minimum Gasteiger partial charge on any atom is -0.392 e. The molecule has 1 amide bonds. The monoisotopic (exact) mass is 294 g/mol. The standard InChI is InChI=1S/C17H30N2O2/c20-16(15-6-7-15)13-18-8-10-19(11-9-18)17(21)12-14-4-2-1-3-5-14/h14-16,20H,1-13H2/t16-/m0/s1. The van der Waals surface area contributed by atoms with Crippen LogP contribution in [0.5, 0.6) is 0 Å². The van der Waals surface area contributed by atoms with Gasteiger partial charge in [-0.3, -0.25) is 9.69 Å². The van der Waals surface area contributed by atoms with Crippen molar-refractivity contribution in [2.75, 3.05) is 32.7 Å². The Morgan fingerprint density at radius 1 is 1.00 bits per heavy atom. The quantitative estimate of drug-likeness (QED) is 0.842. The van der Waals surface area contributed by atoms with Crippen molar-refractivity contribution in [1.29, 1.82) is 0 Å². The van der Waals surface area contributed by atoms with Crippen LogP contribution in [0, 0.1) is 11.8 Å². The van der Waals surface area contributed by atoms with Crippen molar-refractivity contribution in [3.63, 3.8) is 0 Å². The molecule has 0 aromatic rings. The predicted octanol–water partition coefficient (Wildman–Crippen LogP) is 1.87. The lowest BCUT2D eigenvalue weighted by molar-refractivity contribution is -0.134. The van der Waals surface area contributed by atoms with Gasteiger partial charge in [-0.05, 0) is 37.5 Å². The summed E-state index contributed by atoms with van der Waals surface area (Å²) in [5, 5.41) is 10.0. The van der Waals surface area contributed by atoms with Crippen molar-refractivity contribution < 1.29 is 9.90 Å². The van der Waals surface area contributed by atoms with E-state index in [1.54, 1.807) is 0 Å². The van der Waals surface area contributed by atoms with Gasteiger partial charge in [0, 0.05) is 39.1 Å². The molecule has 3 aliphatic rings. The molecule has 2 saturated carbocycles. The van der Waals surface area contributed by atoms with Gasteiger partial charge < -0.3 is 10.0 Å². The lowest BCUT2D eigenvalue weighted by atomic mass is 9.86. The second-order valence-corrected chi connectivity index (χ2v) is 7.29. The fourth-order valence-electron chi connectivity index (χ4n) is 3.84. The third-order valence-electron chi connectivity index (χ3n) is 5.52. The minimum atomic E-state index is -0.144. The number of β-amino-alcohol motifs (C(OH)–C–C–N with tert-alkyl or cyclic N) is 1. The molecule has 0 unspecified atom stereocenters. The number of hydrogen-bond acceptors (Lipinski definition) is 3. The Hall–Kier alpha value is -0.610. The topological polar surface area (TPSA) is 43.8 Å². The molecule has 1 saturated heterocycles. The highest BCUT2D eigenvalue weighted by atomic mass is 16.3. The molecular formula is C17H30N2O2. The predicted molar refractivity (Wildman–Crippen MR) is 82.9 cm³/mol. The van der Waals surface area contributed by atoms with Crippen molar-refractivity contribution >= 4 is 5.91 Å². The minimum absolute atomic E-state index is 0.144. The summed E-state index contributed by atoms with van der Waals surface area (Å²) in [5.74, 6) is 1.56. The van der Waals surface area contributed by atoms with Gasteiger partial charge in [0.15, 0.2) is 0 Å². The van der Waals surface area contributed by atoms with E-state index in [9.17, 15) is 9.90 Å². The van der Waals surface area contributed by atoms with Crippen molar-refractivity contribution in [3.05, 3.63) is 0 Å². The highest BCUT2D eigenvalue weighted by molar-refractivity contribution is 5.76. The fraction of sp³-hybridized carbons (Fsp3) is 0.941. The molecule has 1 heterocycles. The van der Waals surface area contributed by atoms with E-state index in [4.69, 9.17) is 0 Å². The first-order valence-corrected chi connectivity index (χ1v) is 8.90. The van der Waals surface area contributed by atoms with Crippen LogP contribution >= 0.6 is 0 Å². The van der Waals surface area contributed by atoms with E-state index in [0.29, 0.717) is 17.7 Å². The normalized spacial score (nSPS) is 26.8. The zero-order chi connectivity index (χ0) is 14.7. The Balaban J connectivity index is 1.37. The van der Waals surface area contributed by atoms with Gasteiger partial charge in [0.2, 0.25) is 5.91 Å². The largest absolute Gasteiger partial charge is 0.392 e. The van der Waals surface area contributed by atoms with Crippen LogP contribution in [0.25, 0.3) is 0 Å². The van der Waals surface area contributed by atoms with E-state index < -0.39 is 0 Å². The van der Waals surface area contributed by atoms with Crippen molar-refractivity contribution in [3.8, 4) is 0 Å². The molecule has 3 fully saturated rings. The summed E-state index contributed by atoms with van der Waals surface area (Å²) in [6.07, 6.45) is 9.49. The summed E-state index contributed by atoms with van der Waals surface area (Å²) in [4.78, 5) is 16.7. The molecule has 1 N–H and O–H groups in total. The first kappa shape index (κ1) is 15.3. The van der Waals surface area contributed by atoms with Gasteiger partial charge in [-0.1, -0.05) is 19.3 Å².